The van der Waals surface area contributed by atoms with Crippen molar-refractivity contribution in [3.05, 3.63) is 169 Å². The minimum atomic E-state index is -5.20. The third kappa shape index (κ3) is 5.83. The fraction of sp³-hybridized carbons (Fsp3) is 0.0426. The third-order valence-corrected chi connectivity index (χ3v) is 10.7. The molecule has 0 unspecified atom stereocenters. The van der Waals surface area contributed by atoms with Gasteiger partial charge in [-0.05, 0) is 72.8 Å². The maximum atomic E-state index is 14.8. The van der Waals surface area contributed by atoms with Gasteiger partial charge in [-0.3, -0.25) is 9.97 Å². The summed E-state index contributed by atoms with van der Waals surface area (Å²) >= 11 is 0. The molecular formula is C47H25F6N7. The van der Waals surface area contributed by atoms with Crippen LogP contribution in [0.15, 0.2) is 152 Å². The van der Waals surface area contributed by atoms with Crippen molar-refractivity contribution in [3.8, 4) is 51.2 Å². The van der Waals surface area contributed by atoms with Crippen LogP contribution in [0.5, 0.6) is 0 Å². The van der Waals surface area contributed by atoms with Gasteiger partial charge in [0, 0.05) is 68.6 Å². The Morgan fingerprint density at radius 1 is 0.500 bits per heavy atom. The van der Waals surface area contributed by atoms with Crippen molar-refractivity contribution in [3.63, 3.8) is 0 Å². The molecule has 0 bridgehead atoms. The zero-order valence-electron chi connectivity index (χ0n) is 30.8. The molecular weight excluding hydrogens is 777 g/mol. The lowest BCUT2D eigenvalue weighted by molar-refractivity contribution is -0.142. The number of aromatic nitrogens is 6. The molecule has 0 amide bonds. The molecule has 4 aromatic heterocycles. The summed E-state index contributed by atoms with van der Waals surface area (Å²) in [7, 11) is 0. The highest BCUT2D eigenvalue weighted by Gasteiger charge is 2.42. The van der Waals surface area contributed by atoms with Crippen LogP contribution >= 0.6 is 0 Å². The molecule has 290 valence electrons. The summed E-state index contributed by atoms with van der Waals surface area (Å²) in [5.41, 5.74) is 0.105. The summed E-state index contributed by atoms with van der Waals surface area (Å²) < 4.78 is 92.7. The number of nitriles is 1. The van der Waals surface area contributed by atoms with Crippen LogP contribution in [0.3, 0.4) is 0 Å². The Morgan fingerprint density at radius 2 is 1.05 bits per heavy atom. The lowest BCUT2D eigenvalue weighted by atomic mass is 9.89. The van der Waals surface area contributed by atoms with E-state index in [-0.39, 0.29) is 11.3 Å². The molecule has 60 heavy (non-hydrogen) atoms. The molecule has 6 aromatic carbocycles. The lowest BCUT2D eigenvalue weighted by Gasteiger charge is -2.23. The summed E-state index contributed by atoms with van der Waals surface area (Å²) in [5.74, 6) is 0.489. The number of halogens is 6. The largest absolute Gasteiger partial charge is 0.417 e. The van der Waals surface area contributed by atoms with Gasteiger partial charge >= 0.3 is 12.4 Å². The SMILES string of the molecule is N#Cc1cc(-n2c3ccccc3c3cc(-c4ncccn4)ccc32)c(-n2c3ccccc3c3cc(-c4cnccn4)ccc32)cc1-c1c(C(F)(F)F)cccc1C(F)(F)F. The van der Waals surface area contributed by atoms with E-state index >= 15 is 0 Å². The summed E-state index contributed by atoms with van der Waals surface area (Å²) in [6.45, 7) is 0. The standard InChI is InChI=1S/C47H25F6N7/c48-46(49,50)35-9-5-10-36(47(51,52)53)44(35)32-24-43(60-39-12-4-1-7-30(39)33-21-27(13-15-40(33)60)37-26-55-19-20-56-37)42(23-29(32)25-54)59-38-11-3-2-8-31(38)34-22-28(14-16-41(34)59)45-57-17-6-18-58-45/h1-24,26H. The number of alkyl halides is 6. The number of hydrogen-bond donors (Lipinski definition) is 0. The van der Waals surface area contributed by atoms with E-state index in [0.29, 0.717) is 51.4 Å². The highest BCUT2D eigenvalue weighted by Crippen LogP contribution is 2.48. The molecule has 0 fully saturated rings. The molecule has 0 aliphatic rings. The highest BCUT2D eigenvalue weighted by molar-refractivity contribution is 6.13. The zero-order valence-corrected chi connectivity index (χ0v) is 30.8. The summed E-state index contributed by atoms with van der Waals surface area (Å²) in [6, 6.07) is 34.4. The minimum Gasteiger partial charge on any atom is -0.307 e. The topological polar surface area (TPSA) is 85.2 Å². The highest BCUT2D eigenvalue weighted by atomic mass is 19.4. The molecule has 4 heterocycles. The molecule has 10 aromatic rings. The second kappa shape index (κ2) is 13.6. The van der Waals surface area contributed by atoms with Crippen molar-refractivity contribution in [2.45, 2.75) is 12.4 Å². The van der Waals surface area contributed by atoms with Gasteiger partial charge in [0.25, 0.3) is 0 Å². The van der Waals surface area contributed by atoms with Crippen molar-refractivity contribution in [2.75, 3.05) is 0 Å². The van der Waals surface area contributed by atoms with Gasteiger partial charge < -0.3 is 9.13 Å². The molecule has 0 spiro atoms. The maximum Gasteiger partial charge on any atom is 0.417 e. The van der Waals surface area contributed by atoms with Gasteiger partial charge in [0.05, 0.1) is 68.1 Å². The van der Waals surface area contributed by atoms with E-state index in [1.165, 1.54) is 12.1 Å². The van der Waals surface area contributed by atoms with Crippen LogP contribution in [0.4, 0.5) is 26.3 Å². The predicted octanol–water partition coefficient (Wildman–Crippen LogP) is 12.4. The number of para-hydroxylation sites is 2. The normalized spacial score (nSPS) is 12.2. The Morgan fingerprint density at radius 3 is 1.62 bits per heavy atom. The van der Waals surface area contributed by atoms with Crippen LogP contribution in [0.25, 0.3) is 88.8 Å². The summed E-state index contributed by atoms with van der Waals surface area (Å²) in [5, 5.41) is 13.8. The van der Waals surface area contributed by atoms with Gasteiger partial charge in [-0.2, -0.15) is 31.6 Å². The second-order valence-electron chi connectivity index (χ2n) is 14.1. The maximum absolute atomic E-state index is 14.8. The van der Waals surface area contributed by atoms with Gasteiger partial charge in [0.2, 0.25) is 0 Å². The number of hydrogen-bond acceptors (Lipinski definition) is 5. The molecule has 10 rings (SSSR count). The molecule has 13 heteroatoms. The van der Waals surface area contributed by atoms with Gasteiger partial charge in [-0.15, -0.1) is 0 Å². The monoisotopic (exact) mass is 801 g/mol. The molecule has 0 aliphatic carbocycles. The van der Waals surface area contributed by atoms with Gasteiger partial charge in [0.15, 0.2) is 5.82 Å². The summed E-state index contributed by atoms with van der Waals surface area (Å²) in [4.78, 5) is 17.5. The molecule has 0 saturated carbocycles. The van der Waals surface area contributed by atoms with Crippen LogP contribution in [0, 0.1) is 11.3 Å². The fourth-order valence-electron chi connectivity index (χ4n) is 8.21. The third-order valence-electron chi connectivity index (χ3n) is 10.7. The van der Waals surface area contributed by atoms with E-state index in [9.17, 15) is 31.6 Å². The first-order valence-electron chi connectivity index (χ1n) is 18.5. The van der Waals surface area contributed by atoms with E-state index < -0.39 is 34.6 Å². The molecule has 7 nitrogen and oxygen atoms in total. The van der Waals surface area contributed by atoms with Crippen LogP contribution in [-0.2, 0) is 12.4 Å². The summed E-state index contributed by atoms with van der Waals surface area (Å²) in [6.07, 6.45) is -2.37. The van der Waals surface area contributed by atoms with Crippen LogP contribution in [-0.4, -0.2) is 29.1 Å². The number of benzene rings is 6. The second-order valence-corrected chi connectivity index (χ2v) is 14.1. The Bertz CT molecular complexity index is 3330. The first kappa shape index (κ1) is 36.5. The van der Waals surface area contributed by atoms with E-state index in [2.05, 4.69) is 19.9 Å². The van der Waals surface area contributed by atoms with E-state index in [1.54, 1.807) is 43.1 Å². The molecule has 0 atom stereocenters. The first-order chi connectivity index (χ1) is 29.0. The van der Waals surface area contributed by atoms with E-state index in [4.69, 9.17) is 0 Å². The average Bonchev–Trinajstić information content (AvgIpc) is 3.77. The Kier molecular flexibility index (Phi) is 8.29. The fourth-order valence-corrected chi connectivity index (χ4v) is 8.21. The average molecular weight is 802 g/mol. The van der Waals surface area contributed by atoms with Crippen LogP contribution < -0.4 is 0 Å². The smallest absolute Gasteiger partial charge is 0.307 e. The van der Waals surface area contributed by atoms with Gasteiger partial charge in [0.1, 0.15) is 0 Å². The molecule has 0 aliphatic heterocycles. The van der Waals surface area contributed by atoms with Crippen molar-refractivity contribution >= 4 is 43.6 Å². The number of nitrogens with zero attached hydrogens (tertiary/aromatic N) is 7. The van der Waals surface area contributed by atoms with Crippen molar-refractivity contribution < 1.29 is 26.3 Å². The van der Waals surface area contributed by atoms with E-state index in [0.717, 1.165) is 38.7 Å². The number of rotatable bonds is 5. The van der Waals surface area contributed by atoms with E-state index in [1.807, 2.05) is 94.1 Å². The lowest BCUT2D eigenvalue weighted by Crippen LogP contribution is -2.15. The van der Waals surface area contributed by atoms with Crippen LogP contribution in [0.1, 0.15) is 16.7 Å². The molecule has 0 saturated heterocycles. The Labute approximate surface area is 336 Å². The number of fused-ring (bicyclic) bond motifs is 6. The quantitative estimate of drug-likeness (QED) is 0.162. The zero-order chi connectivity index (χ0) is 41.3. The Hall–Kier alpha value is -7.85. The molecule has 0 radical (unpaired) electrons. The van der Waals surface area contributed by atoms with Crippen molar-refractivity contribution in [1.82, 2.24) is 29.1 Å². The predicted molar refractivity (Wildman–Crippen MR) is 217 cm³/mol. The molecule has 0 N–H and O–H groups in total. The van der Waals surface area contributed by atoms with Gasteiger partial charge in [-0.1, -0.05) is 48.5 Å². The van der Waals surface area contributed by atoms with Crippen LogP contribution in [0.2, 0.25) is 0 Å². The van der Waals surface area contributed by atoms with Gasteiger partial charge in [-0.25, -0.2) is 9.97 Å². The minimum absolute atomic E-state index is 0.227. The van der Waals surface area contributed by atoms with Crippen molar-refractivity contribution in [1.29, 1.82) is 5.26 Å². The van der Waals surface area contributed by atoms with Crippen molar-refractivity contribution in [2.24, 2.45) is 0 Å². The Balaban J connectivity index is 1.37. The first-order valence-corrected chi connectivity index (χ1v) is 18.5.